The molecule has 2 N–H and O–H groups in total. The standard InChI is InChI=1S/C32H44N2O4/c1-28(2)11-12-32(27(38)34-13-14-35)10-7-20-25(21(32)17-28)22(36)15-24-30(20,5)9-8-23-29(3,4)26(37)19(18-33)16-31(23,24)6/h15-16,20-21,23,25,35H,7-14,17H2,1-6H3,(H,34,38). The highest BCUT2D eigenvalue weighted by molar-refractivity contribution is 6.04. The number of carbonyl (C=O) groups is 3. The highest BCUT2D eigenvalue weighted by atomic mass is 16.3. The highest BCUT2D eigenvalue weighted by Crippen LogP contribution is 2.70. The molecule has 38 heavy (non-hydrogen) atoms. The summed E-state index contributed by atoms with van der Waals surface area (Å²) in [5.74, 6) is -0.0576. The van der Waals surface area contributed by atoms with Crippen LogP contribution in [0.15, 0.2) is 23.3 Å². The van der Waals surface area contributed by atoms with Crippen molar-refractivity contribution in [3.63, 3.8) is 0 Å². The quantitative estimate of drug-likeness (QED) is 0.549. The molecule has 7 atom stereocenters. The minimum atomic E-state index is -0.670. The first-order valence-corrected chi connectivity index (χ1v) is 14.5. The van der Waals surface area contributed by atoms with E-state index >= 15 is 0 Å². The number of aliphatic hydroxyl groups is 1. The average Bonchev–Trinajstić information content (AvgIpc) is 2.85. The topological polar surface area (TPSA) is 107 Å². The first-order chi connectivity index (χ1) is 17.7. The molecule has 0 aromatic heterocycles. The molecule has 6 heteroatoms. The lowest BCUT2D eigenvalue weighted by Crippen LogP contribution is -2.63. The number of ketones is 2. The van der Waals surface area contributed by atoms with Gasteiger partial charge >= 0.3 is 0 Å². The highest BCUT2D eigenvalue weighted by Gasteiger charge is 2.66. The third kappa shape index (κ3) is 3.56. The van der Waals surface area contributed by atoms with Crippen molar-refractivity contribution >= 4 is 17.5 Å². The van der Waals surface area contributed by atoms with Crippen LogP contribution in [0.25, 0.3) is 0 Å². The SMILES string of the molecule is CC1(C)CCC2(C(=O)NCCO)CCC3C(C(=O)C=C4C5(C)C=C(C#N)C(=O)C(C)(C)C5CCC43C)C2C1. The van der Waals surface area contributed by atoms with Gasteiger partial charge in [-0.25, -0.2) is 0 Å². The summed E-state index contributed by atoms with van der Waals surface area (Å²) in [6.45, 7) is 13.0. The first-order valence-electron chi connectivity index (χ1n) is 14.5. The summed E-state index contributed by atoms with van der Waals surface area (Å²) in [4.78, 5) is 41.1. The van der Waals surface area contributed by atoms with Crippen molar-refractivity contribution in [2.45, 2.75) is 86.5 Å². The second-order valence-electron chi connectivity index (χ2n) is 14.8. The summed E-state index contributed by atoms with van der Waals surface area (Å²) >= 11 is 0. The zero-order valence-corrected chi connectivity index (χ0v) is 23.9. The van der Waals surface area contributed by atoms with Crippen molar-refractivity contribution in [3.05, 3.63) is 23.3 Å². The molecule has 0 heterocycles. The second kappa shape index (κ2) is 8.62. The smallest absolute Gasteiger partial charge is 0.226 e. The molecule has 0 saturated heterocycles. The van der Waals surface area contributed by atoms with E-state index in [1.165, 1.54) is 0 Å². The Balaban J connectivity index is 1.62. The van der Waals surface area contributed by atoms with Crippen LogP contribution in [0.3, 0.4) is 0 Å². The van der Waals surface area contributed by atoms with E-state index in [4.69, 9.17) is 0 Å². The molecule has 6 nitrogen and oxygen atoms in total. The Bertz CT molecular complexity index is 1190. The van der Waals surface area contributed by atoms with Gasteiger partial charge < -0.3 is 10.4 Å². The zero-order chi connectivity index (χ0) is 27.9. The lowest BCUT2D eigenvalue weighted by atomic mass is 9.38. The van der Waals surface area contributed by atoms with Crippen LogP contribution in [-0.4, -0.2) is 35.7 Å². The third-order valence-electron chi connectivity index (χ3n) is 11.9. The van der Waals surface area contributed by atoms with E-state index in [2.05, 4.69) is 39.1 Å². The molecule has 5 aliphatic rings. The molecule has 0 bridgehead atoms. The van der Waals surface area contributed by atoms with Crippen molar-refractivity contribution < 1.29 is 19.5 Å². The molecule has 206 valence electrons. The van der Waals surface area contributed by atoms with Gasteiger partial charge in [-0.2, -0.15) is 5.26 Å². The van der Waals surface area contributed by atoms with Gasteiger partial charge in [-0.05, 0) is 79.6 Å². The Morgan fingerprint density at radius 2 is 1.76 bits per heavy atom. The number of carbonyl (C=O) groups excluding carboxylic acids is 3. The van der Waals surface area contributed by atoms with Crippen LogP contribution in [-0.2, 0) is 14.4 Å². The van der Waals surface area contributed by atoms with Crippen LogP contribution in [0, 0.1) is 62.1 Å². The number of nitrogens with one attached hydrogen (secondary N) is 1. The van der Waals surface area contributed by atoms with Gasteiger partial charge in [0.25, 0.3) is 0 Å². The van der Waals surface area contributed by atoms with Gasteiger partial charge in [0.15, 0.2) is 11.6 Å². The van der Waals surface area contributed by atoms with Crippen LogP contribution < -0.4 is 5.32 Å². The fourth-order valence-corrected chi connectivity index (χ4v) is 10.0. The minimum absolute atomic E-state index is 0.00281. The van der Waals surface area contributed by atoms with E-state index in [9.17, 15) is 24.8 Å². The predicted molar refractivity (Wildman–Crippen MR) is 144 cm³/mol. The molecule has 5 rings (SSSR count). The largest absolute Gasteiger partial charge is 0.395 e. The predicted octanol–water partition coefficient (Wildman–Crippen LogP) is 4.92. The fraction of sp³-hybridized carbons (Fsp3) is 0.750. The lowest BCUT2D eigenvalue weighted by Gasteiger charge is -2.64. The zero-order valence-electron chi connectivity index (χ0n) is 23.9. The van der Waals surface area contributed by atoms with Crippen LogP contribution >= 0.6 is 0 Å². The summed E-state index contributed by atoms with van der Waals surface area (Å²) in [5, 5.41) is 22.2. The maximum absolute atomic E-state index is 14.3. The maximum atomic E-state index is 14.3. The van der Waals surface area contributed by atoms with Crippen LogP contribution in [0.2, 0.25) is 0 Å². The molecular formula is C32H44N2O4. The summed E-state index contributed by atoms with van der Waals surface area (Å²) in [5.41, 5.74) is -0.644. The lowest BCUT2D eigenvalue weighted by molar-refractivity contribution is -0.161. The number of hydrogen-bond donors (Lipinski definition) is 2. The monoisotopic (exact) mass is 520 g/mol. The second-order valence-corrected chi connectivity index (χ2v) is 14.8. The van der Waals surface area contributed by atoms with Gasteiger partial charge in [-0.1, -0.05) is 53.2 Å². The molecule has 0 aromatic rings. The number of fused-ring (bicyclic) bond motifs is 7. The molecule has 7 unspecified atom stereocenters. The van der Waals surface area contributed by atoms with Crippen molar-refractivity contribution in [2.75, 3.05) is 13.2 Å². The number of allylic oxidation sites excluding steroid dienone is 4. The van der Waals surface area contributed by atoms with Gasteiger partial charge in [0.05, 0.1) is 17.6 Å². The van der Waals surface area contributed by atoms with Crippen molar-refractivity contribution in [3.8, 4) is 6.07 Å². The minimum Gasteiger partial charge on any atom is -0.395 e. The number of hydrogen-bond acceptors (Lipinski definition) is 5. The van der Waals surface area contributed by atoms with E-state index in [-0.39, 0.29) is 70.7 Å². The number of rotatable bonds is 3. The Hall–Kier alpha value is -2.26. The van der Waals surface area contributed by atoms with Gasteiger partial charge in [0.1, 0.15) is 6.07 Å². The Morgan fingerprint density at radius 3 is 2.42 bits per heavy atom. The molecule has 3 fully saturated rings. The number of amides is 1. The maximum Gasteiger partial charge on any atom is 0.226 e. The summed E-state index contributed by atoms with van der Waals surface area (Å²) in [7, 11) is 0. The fourth-order valence-electron chi connectivity index (χ4n) is 10.0. The normalized spacial score (nSPS) is 42.8. The van der Waals surface area contributed by atoms with Crippen LogP contribution in [0.5, 0.6) is 0 Å². The first kappa shape index (κ1) is 27.3. The number of Topliss-reactive ketones (excluding diaryl/α,β-unsaturated/α-hetero) is 1. The van der Waals surface area contributed by atoms with E-state index in [0.29, 0.717) is 0 Å². The third-order valence-corrected chi connectivity index (χ3v) is 11.9. The number of nitrogens with zero attached hydrogens (tertiary/aromatic N) is 1. The van der Waals surface area contributed by atoms with E-state index in [0.717, 1.165) is 50.5 Å². The Kier molecular flexibility index (Phi) is 6.19. The summed E-state index contributed by atoms with van der Waals surface area (Å²) in [6.07, 6.45) is 9.66. The molecular weight excluding hydrogens is 476 g/mol. The molecule has 5 aliphatic carbocycles. The van der Waals surface area contributed by atoms with Crippen LogP contribution in [0.4, 0.5) is 0 Å². The molecule has 3 saturated carbocycles. The Morgan fingerprint density at radius 1 is 1.05 bits per heavy atom. The molecule has 0 aliphatic heterocycles. The number of nitriles is 1. The van der Waals surface area contributed by atoms with Crippen LogP contribution in [0.1, 0.15) is 86.5 Å². The van der Waals surface area contributed by atoms with Gasteiger partial charge in [0.2, 0.25) is 5.91 Å². The van der Waals surface area contributed by atoms with E-state index in [1.54, 1.807) is 0 Å². The van der Waals surface area contributed by atoms with Gasteiger partial charge in [-0.3, -0.25) is 14.4 Å². The van der Waals surface area contributed by atoms with Gasteiger partial charge in [-0.15, -0.1) is 0 Å². The molecule has 1 amide bonds. The van der Waals surface area contributed by atoms with E-state index in [1.807, 2.05) is 26.0 Å². The summed E-state index contributed by atoms with van der Waals surface area (Å²) < 4.78 is 0. The average molecular weight is 521 g/mol. The molecule has 0 spiro atoms. The Labute approximate surface area is 227 Å². The van der Waals surface area contributed by atoms with Crippen molar-refractivity contribution in [2.24, 2.45) is 50.7 Å². The van der Waals surface area contributed by atoms with E-state index < -0.39 is 16.2 Å². The number of aliphatic hydroxyl groups excluding tert-OH is 1. The summed E-state index contributed by atoms with van der Waals surface area (Å²) in [6, 6.07) is 2.16. The van der Waals surface area contributed by atoms with Crippen molar-refractivity contribution in [1.82, 2.24) is 5.32 Å². The molecule has 0 aromatic carbocycles. The molecule has 0 radical (unpaired) electrons. The van der Waals surface area contributed by atoms with Crippen molar-refractivity contribution in [1.29, 1.82) is 5.26 Å². The van der Waals surface area contributed by atoms with Gasteiger partial charge in [0, 0.05) is 23.3 Å².